The number of carbonyl (C=O) groups is 3. The Kier molecular flexibility index (Phi) is 10.0. The fourth-order valence-electron chi connectivity index (χ4n) is 3.57. The third-order valence-electron chi connectivity index (χ3n) is 5.64. The van der Waals surface area contributed by atoms with Gasteiger partial charge in [0.15, 0.2) is 0 Å². The zero-order valence-electron chi connectivity index (χ0n) is 21.4. The second-order valence-corrected chi connectivity index (χ2v) is 10.8. The summed E-state index contributed by atoms with van der Waals surface area (Å²) in [6.45, 7) is 1.78. The highest BCUT2D eigenvalue weighted by molar-refractivity contribution is 8.00. The van der Waals surface area contributed by atoms with Crippen LogP contribution in [-0.2, 0) is 9.59 Å². The number of amides is 3. The maximum Gasteiger partial charge on any atom is 0.272 e. The highest BCUT2D eigenvalue weighted by Gasteiger charge is 2.18. The highest BCUT2D eigenvalue weighted by atomic mass is 35.5. The van der Waals surface area contributed by atoms with Crippen LogP contribution in [0.25, 0.3) is 6.08 Å². The summed E-state index contributed by atoms with van der Waals surface area (Å²) in [4.78, 5) is 39.5. The van der Waals surface area contributed by atoms with Crippen molar-refractivity contribution in [1.29, 1.82) is 0 Å². The van der Waals surface area contributed by atoms with Crippen LogP contribution in [0.2, 0.25) is 10.0 Å². The number of thioether (sulfide) groups is 1. The number of hydrogen-bond acceptors (Lipinski definition) is 4. The Morgan fingerprint density at radius 3 is 2.10 bits per heavy atom. The molecule has 0 aromatic heterocycles. The molecule has 1 atom stereocenters. The van der Waals surface area contributed by atoms with Crippen LogP contribution in [0.4, 0.5) is 11.4 Å². The first kappa shape index (κ1) is 29.0. The molecule has 0 saturated carbocycles. The second kappa shape index (κ2) is 13.8. The molecular weight excluding hydrogens is 565 g/mol. The lowest BCUT2D eigenvalue weighted by atomic mass is 10.1. The lowest BCUT2D eigenvalue weighted by molar-refractivity contribution is -0.115. The van der Waals surface area contributed by atoms with E-state index in [-0.39, 0.29) is 16.6 Å². The summed E-state index contributed by atoms with van der Waals surface area (Å²) in [7, 11) is 0. The lowest BCUT2D eigenvalue weighted by Crippen LogP contribution is -2.30. The van der Waals surface area contributed by atoms with Crippen molar-refractivity contribution >= 4 is 70.1 Å². The predicted molar refractivity (Wildman–Crippen MR) is 164 cm³/mol. The van der Waals surface area contributed by atoms with Crippen LogP contribution >= 0.6 is 35.0 Å². The van der Waals surface area contributed by atoms with Gasteiger partial charge >= 0.3 is 0 Å². The molecule has 0 fully saturated rings. The monoisotopic (exact) mass is 589 g/mol. The number of nitrogens with one attached hydrogen (secondary N) is 3. The largest absolute Gasteiger partial charge is 0.324 e. The van der Waals surface area contributed by atoms with Gasteiger partial charge in [-0.15, -0.1) is 11.8 Å². The Morgan fingerprint density at radius 1 is 0.775 bits per heavy atom. The van der Waals surface area contributed by atoms with Gasteiger partial charge in [-0.25, -0.2) is 0 Å². The number of rotatable bonds is 9. The standard InChI is InChI=1S/C31H25Cl2N3O3S/c1-20(29(37)35-26-14-8-13-25(32)28(26)33)40-24-17-15-23(16-18-24)34-31(39)27(19-21-9-4-2-5-10-21)36-30(38)22-11-6-3-7-12-22/h2-20H,1H3,(H,34,39)(H,35,37)(H,36,38)/b27-19-. The normalized spacial score (nSPS) is 11.8. The summed E-state index contributed by atoms with van der Waals surface area (Å²) < 4.78 is 0. The van der Waals surface area contributed by atoms with Crippen LogP contribution in [0, 0.1) is 0 Å². The number of carbonyl (C=O) groups excluding carboxylic acids is 3. The quantitative estimate of drug-likeness (QED) is 0.139. The van der Waals surface area contributed by atoms with E-state index < -0.39 is 17.1 Å². The summed E-state index contributed by atoms with van der Waals surface area (Å²) >= 11 is 13.6. The molecule has 3 amide bonds. The predicted octanol–water partition coefficient (Wildman–Crippen LogP) is 7.52. The summed E-state index contributed by atoms with van der Waals surface area (Å²) in [6.07, 6.45) is 1.62. The first-order valence-corrected chi connectivity index (χ1v) is 13.9. The first-order valence-electron chi connectivity index (χ1n) is 12.3. The Morgan fingerprint density at radius 2 is 1.43 bits per heavy atom. The molecule has 40 heavy (non-hydrogen) atoms. The van der Waals surface area contributed by atoms with Gasteiger partial charge in [0, 0.05) is 16.1 Å². The second-order valence-electron chi connectivity index (χ2n) is 8.62. The van der Waals surface area contributed by atoms with E-state index in [1.807, 2.05) is 36.4 Å². The minimum Gasteiger partial charge on any atom is -0.324 e. The lowest BCUT2D eigenvalue weighted by Gasteiger charge is -2.14. The van der Waals surface area contributed by atoms with Gasteiger partial charge < -0.3 is 16.0 Å². The van der Waals surface area contributed by atoms with E-state index in [0.29, 0.717) is 22.0 Å². The molecule has 4 aromatic rings. The molecule has 0 aliphatic rings. The molecule has 0 saturated heterocycles. The van der Waals surface area contributed by atoms with Gasteiger partial charge in [-0.05, 0) is 67.1 Å². The number of halogens is 2. The third-order valence-corrected chi connectivity index (χ3v) is 7.57. The van der Waals surface area contributed by atoms with Crippen molar-refractivity contribution in [3.8, 4) is 0 Å². The van der Waals surface area contributed by atoms with Gasteiger partial charge in [-0.3, -0.25) is 14.4 Å². The number of anilines is 2. The molecule has 3 N–H and O–H groups in total. The minimum atomic E-state index is -0.473. The van der Waals surface area contributed by atoms with Gasteiger partial charge in [0.25, 0.3) is 11.8 Å². The van der Waals surface area contributed by atoms with E-state index in [4.69, 9.17) is 23.2 Å². The van der Waals surface area contributed by atoms with Crippen LogP contribution in [-0.4, -0.2) is 23.0 Å². The zero-order valence-corrected chi connectivity index (χ0v) is 23.7. The topological polar surface area (TPSA) is 87.3 Å². The summed E-state index contributed by atoms with van der Waals surface area (Å²) in [5.41, 5.74) is 2.28. The van der Waals surface area contributed by atoms with Crippen LogP contribution in [0.5, 0.6) is 0 Å². The summed E-state index contributed by atoms with van der Waals surface area (Å²) in [5, 5.41) is 8.57. The minimum absolute atomic E-state index is 0.100. The Hall–Kier alpha value is -4.04. The maximum absolute atomic E-state index is 13.2. The molecule has 0 bridgehead atoms. The molecule has 0 aliphatic carbocycles. The molecule has 6 nitrogen and oxygen atoms in total. The zero-order chi connectivity index (χ0) is 28.5. The van der Waals surface area contributed by atoms with Gasteiger partial charge in [-0.1, -0.05) is 77.8 Å². The van der Waals surface area contributed by atoms with Crippen molar-refractivity contribution in [2.75, 3.05) is 10.6 Å². The smallest absolute Gasteiger partial charge is 0.272 e. The van der Waals surface area contributed by atoms with Crippen molar-refractivity contribution in [2.45, 2.75) is 17.1 Å². The molecule has 0 aliphatic heterocycles. The number of benzene rings is 4. The molecular formula is C31H25Cl2N3O3S. The Balaban J connectivity index is 1.41. The Labute approximate surface area is 246 Å². The summed E-state index contributed by atoms with van der Waals surface area (Å²) in [6, 6.07) is 30.0. The SMILES string of the molecule is CC(Sc1ccc(NC(=O)/C(=C/c2ccccc2)NC(=O)c2ccccc2)cc1)C(=O)Nc1cccc(Cl)c1Cl. The fourth-order valence-corrected chi connectivity index (χ4v) is 4.78. The van der Waals surface area contributed by atoms with Crippen molar-refractivity contribution < 1.29 is 14.4 Å². The van der Waals surface area contributed by atoms with E-state index in [0.717, 1.165) is 10.5 Å². The van der Waals surface area contributed by atoms with Crippen LogP contribution in [0.1, 0.15) is 22.8 Å². The van der Waals surface area contributed by atoms with E-state index in [1.54, 1.807) is 79.7 Å². The average Bonchev–Trinajstić information content (AvgIpc) is 2.97. The number of hydrogen-bond donors (Lipinski definition) is 3. The van der Waals surface area contributed by atoms with E-state index in [1.165, 1.54) is 11.8 Å². The van der Waals surface area contributed by atoms with Crippen molar-refractivity contribution in [3.05, 3.63) is 130 Å². The molecule has 0 radical (unpaired) electrons. The Bertz CT molecular complexity index is 1530. The van der Waals surface area contributed by atoms with Crippen LogP contribution in [0.15, 0.2) is 114 Å². The van der Waals surface area contributed by atoms with Crippen molar-refractivity contribution in [1.82, 2.24) is 5.32 Å². The van der Waals surface area contributed by atoms with Crippen LogP contribution < -0.4 is 16.0 Å². The van der Waals surface area contributed by atoms with Gasteiger partial charge in [-0.2, -0.15) is 0 Å². The van der Waals surface area contributed by atoms with Gasteiger partial charge in [0.2, 0.25) is 5.91 Å². The molecule has 4 rings (SSSR count). The maximum atomic E-state index is 13.2. The average molecular weight is 591 g/mol. The van der Waals surface area contributed by atoms with E-state index in [2.05, 4.69) is 16.0 Å². The van der Waals surface area contributed by atoms with Crippen molar-refractivity contribution in [3.63, 3.8) is 0 Å². The molecule has 1 unspecified atom stereocenters. The van der Waals surface area contributed by atoms with E-state index in [9.17, 15) is 14.4 Å². The highest BCUT2D eigenvalue weighted by Crippen LogP contribution is 2.31. The molecule has 0 heterocycles. The summed E-state index contributed by atoms with van der Waals surface area (Å²) in [5.74, 6) is -1.09. The molecule has 202 valence electrons. The van der Waals surface area contributed by atoms with Crippen molar-refractivity contribution in [2.24, 2.45) is 0 Å². The van der Waals surface area contributed by atoms with Crippen LogP contribution in [0.3, 0.4) is 0 Å². The van der Waals surface area contributed by atoms with Gasteiger partial charge in [0.1, 0.15) is 5.70 Å². The van der Waals surface area contributed by atoms with Gasteiger partial charge in [0.05, 0.1) is 21.0 Å². The molecule has 4 aromatic carbocycles. The van der Waals surface area contributed by atoms with E-state index >= 15 is 0 Å². The molecule has 0 spiro atoms. The fraction of sp³-hybridized carbons (Fsp3) is 0.0645. The molecule has 9 heteroatoms. The first-order chi connectivity index (χ1) is 19.3. The third kappa shape index (κ3) is 7.99.